The standard InChI is InChI=1S/C19H29NO/c1-19(2,3)17-10-8-16(9-11-17)18(21)12-7-15-6-5-13-20(4)14-15/h8-11,15H,5-7,12-14H2,1-4H3. The van der Waals surface area contributed by atoms with Crippen LogP contribution < -0.4 is 0 Å². The number of carbonyl (C=O) groups is 1. The molecule has 0 spiro atoms. The highest BCUT2D eigenvalue weighted by Crippen LogP contribution is 2.24. The lowest BCUT2D eigenvalue weighted by Crippen LogP contribution is -2.32. The zero-order valence-electron chi connectivity index (χ0n) is 14.0. The lowest BCUT2D eigenvalue weighted by molar-refractivity contribution is 0.0963. The molecule has 1 unspecified atom stereocenters. The molecule has 1 heterocycles. The molecule has 21 heavy (non-hydrogen) atoms. The summed E-state index contributed by atoms with van der Waals surface area (Å²) < 4.78 is 0. The maximum atomic E-state index is 12.3. The molecule has 2 rings (SSSR count). The third-order valence-corrected chi connectivity index (χ3v) is 4.57. The first-order valence-electron chi connectivity index (χ1n) is 8.18. The minimum absolute atomic E-state index is 0.147. The molecule has 0 saturated carbocycles. The average molecular weight is 287 g/mol. The van der Waals surface area contributed by atoms with Gasteiger partial charge in [-0.15, -0.1) is 0 Å². The van der Waals surface area contributed by atoms with Gasteiger partial charge in [0, 0.05) is 18.5 Å². The van der Waals surface area contributed by atoms with Crippen LogP contribution in [-0.4, -0.2) is 30.8 Å². The minimum Gasteiger partial charge on any atom is -0.306 e. The van der Waals surface area contributed by atoms with E-state index in [0.29, 0.717) is 18.1 Å². The number of benzene rings is 1. The summed E-state index contributed by atoms with van der Waals surface area (Å²) in [4.78, 5) is 14.7. The van der Waals surface area contributed by atoms with Gasteiger partial charge in [-0.3, -0.25) is 4.79 Å². The second-order valence-corrected chi connectivity index (χ2v) is 7.56. The maximum Gasteiger partial charge on any atom is 0.162 e. The fourth-order valence-corrected chi connectivity index (χ4v) is 3.14. The molecular formula is C19H29NO. The molecule has 2 nitrogen and oxygen atoms in total. The van der Waals surface area contributed by atoms with E-state index in [0.717, 1.165) is 18.5 Å². The van der Waals surface area contributed by atoms with Gasteiger partial charge >= 0.3 is 0 Å². The van der Waals surface area contributed by atoms with Crippen LogP contribution in [-0.2, 0) is 5.41 Å². The second-order valence-electron chi connectivity index (χ2n) is 7.56. The smallest absolute Gasteiger partial charge is 0.162 e. The van der Waals surface area contributed by atoms with Crippen LogP contribution in [0.5, 0.6) is 0 Å². The predicted octanol–water partition coefficient (Wildman–Crippen LogP) is 4.29. The van der Waals surface area contributed by atoms with Crippen LogP contribution in [0, 0.1) is 5.92 Å². The fourth-order valence-electron chi connectivity index (χ4n) is 3.14. The Morgan fingerprint density at radius 2 is 1.90 bits per heavy atom. The van der Waals surface area contributed by atoms with Gasteiger partial charge in [-0.1, -0.05) is 45.0 Å². The average Bonchev–Trinajstić information content (AvgIpc) is 2.44. The molecule has 1 atom stereocenters. The maximum absolute atomic E-state index is 12.3. The lowest BCUT2D eigenvalue weighted by atomic mass is 9.86. The fraction of sp³-hybridized carbons (Fsp3) is 0.632. The van der Waals surface area contributed by atoms with Crippen molar-refractivity contribution in [3.8, 4) is 0 Å². The minimum atomic E-state index is 0.147. The van der Waals surface area contributed by atoms with Gasteiger partial charge in [-0.2, -0.15) is 0 Å². The van der Waals surface area contributed by atoms with Crippen molar-refractivity contribution in [2.45, 2.75) is 51.9 Å². The number of nitrogens with zero attached hydrogens (tertiary/aromatic N) is 1. The van der Waals surface area contributed by atoms with Gasteiger partial charge in [-0.05, 0) is 49.8 Å². The van der Waals surface area contributed by atoms with E-state index in [2.05, 4.69) is 44.9 Å². The first kappa shape index (κ1) is 16.2. The molecule has 0 bridgehead atoms. The van der Waals surface area contributed by atoms with Crippen LogP contribution in [0.1, 0.15) is 62.4 Å². The SMILES string of the molecule is CN1CCCC(CCC(=O)c2ccc(C(C)(C)C)cc2)C1. The van der Waals surface area contributed by atoms with Crippen LogP contribution in [0.2, 0.25) is 0 Å². The normalized spacial score (nSPS) is 20.5. The summed E-state index contributed by atoms with van der Waals surface area (Å²) in [5, 5.41) is 0. The van der Waals surface area contributed by atoms with Crippen molar-refractivity contribution in [3.05, 3.63) is 35.4 Å². The van der Waals surface area contributed by atoms with Crippen molar-refractivity contribution >= 4 is 5.78 Å². The molecule has 0 aromatic heterocycles. The summed E-state index contributed by atoms with van der Waals surface area (Å²) in [5.41, 5.74) is 2.30. The van der Waals surface area contributed by atoms with Crippen molar-refractivity contribution in [2.75, 3.05) is 20.1 Å². The summed E-state index contributed by atoms with van der Waals surface area (Å²) in [5.74, 6) is 0.991. The largest absolute Gasteiger partial charge is 0.306 e. The molecular weight excluding hydrogens is 258 g/mol. The van der Waals surface area contributed by atoms with Crippen LogP contribution in [0.4, 0.5) is 0 Å². The number of rotatable bonds is 4. The molecule has 0 aliphatic carbocycles. The highest BCUT2D eigenvalue weighted by Gasteiger charge is 2.19. The Labute approximate surface area is 129 Å². The highest BCUT2D eigenvalue weighted by atomic mass is 16.1. The van der Waals surface area contributed by atoms with Gasteiger partial charge in [0.15, 0.2) is 5.78 Å². The number of hydrogen-bond acceptors (Lipinski definition) is 2. The molecule has 1 fully saturated rings. The van der Waals surface area contributed by atoms with Crippen molar-refractivity contribution in [2.24, 2.45) is 5.92 Å². The zero-order valence-corrected chi connectivity index (χ0v) is 14.0. The number of Topliss-reactive ketones (excluding diaryl/α,β-unsaturated/α-hetero) is 1. The molecule has 1 aliphatic rings. The molecule has 116 valence electrons. The first-order chi connectivity index (χ1) is 9.86. The Kier molecular flexibility index (Phi) is 5.21. The van der Waals surface area contributed by atoms with E-state index in [9.17, 15) is 4.79 Å². The van der Waals surface area contributed by atoms with E-state index in [-0.39, 0.29) is 5.41 Å². The van der Waals surface area contributed by atoms with Crippen molar-refractivity contribution in [1.82, 2.24) is 4.90 Å². The predicted molar refractivity (Wildman–Crippen MR) is 88.9 cm³/mol. The molecule has 2 heteroatoms. The Balaban J connectivity index is 1.88. The van der Waals surface area contributed by atoms with E-state index in [1.165, 1.54) is 24.9 Å². The molecule has 1 saturated heterocycles. The molecule has 1 aliphatic heterocycles. The monoisotopic (exact) mass is 287 g/mol. The van der Waals surface area contributed by atoms with Crippen molar-refractivity contribution < 1.29 is 4.79 Å². The van der Waals surface area contributed by atoms with Crippen LogP contribution in [0.25, 0.3) is 0 Å². The highest BCUT2D eigenvalue weighted by molar-refractivity contribution is 5.96. The third kappa shape index (κ3) is 4.67. The Morgan fingerprint density at radius 3 is 2.48 bits per heavy atom. The van der Waals surface area contributed by atoms with Crippen LogP contribution >= 0.6 is 0 Å². The number of likely N-dealkylation sites (tertiary alicyclic amines) is 1. The molecule has 0 amide bonds. The summed E-state index contributed by atoms with van der Waals surface area (Å²) in [7, 11) is 2.18. The Morgan fingerprint density at radius 1 is 1.24 bits per heavy atom. The number of piperidine rings is 1. The molecule has 0 radical (unpaired) electrons. The van der Waals surface area contributed by atoms with Gasteiger partial charge in [0.2, 0.25) is 0 Å². The molecule has 1 aromatic carbocycles. The van der Waals surface area contributed by atoms with Gasteiger partial charge < -0.3 is 4.90 Å². The molecule has 1 aromatic rings. The third-order valence-electron chi connectivity index (χ3n) is 4.57. The van der Waals surface area contributed by atoms with Gasteiger partial charge in [0.1, 0.15) is 0 Å². The molecule has 0 N–H and O–H groups in total. The van der Waals surface area contributed by atoms with E-state index >= 15 is 0 Å². The number of hydrogen-bond donors (Lipinski definition) is 0. The number of carbonyl (C=O) groups excluding carboxylic acids is 1. The van der Waals surface area contributed by atoms with E-state index < -0.39 is 0 Å². The van der Waals surface area contributed by atoms with Crippen LogP contribution in [0.3, 0.4) is 0 Å². The summed E-state index contributed by atoms with van der Waals surface area (Å²) in [6.45, 7) is 8.95. The summed E-state index contributed by atoms with van der Waals surface area (Å²) >= 11 is 0. The zero-order chi connectivity index (χ0) is 15.5. The summed E-state index contributed by atoms with van der Waals surface area (Å²) in [6, 6.07) is 8.19. The van der Waals surface area contributed by atoms with Crippen molar-refractivity contribution in [1.29, 1.82) is 0 Å². The van der Waals surface area contributed by atoms with Gasteiger partial charge in [0.25, 0.3) is 0 Å². The van der Waals surface area contributed by atoms with Crippen molar-refractivity contribution in [3.63, 3.8) is 0 Å². The topological polar surface area (TPSA) is 20.3 Å². The lowest BCUT2D eigenvalue weighted by Gasteiger charge is -2.29. The van der Waals surface area contributed by atoms with E-state index in [1.54, 1.807) is 0 Å². The van der Waals surface area contributed by atoms with Gasteiger partial charge in [-0.25, -0.2) is 0 Å². The Bertz CT molecular complexity index is 469. The number of ketones is 1. The van der Waals surface area contributed by atoms with Gasteiger partial charge in [0.05, 0.1) is 0 Å². The van der Waals surface area contributed by atoms with Crippen LogP contribution in [0.15, 0.2) is 24.3 Å². The quantitative estimate of drug-likeness (QED) is 0.770. The second kappa shape index (κ2) is 6.74. The Hall–Kier alpha value is -1.15. The van der Waals surface area contributed by atoms with E-state index in [4.69, 9.17) is 0 Å². The summed E-state index contributed by atoms with van der Waals surface area (Å²) in [6.07, 6.45) is 4.27. The first-order valence-corrected chi connectivity index (χ1v) is 8.18. The van der Waals surface area contributed by atoms with E-state index in [1.807, 2.05) is 12.1 Å².